The Balaban J connectivity index is 2.12. The molecular formula is C18H19N3O4S. The molecule has 0 amide bonds. The van der Waals surface area contributed by atoms with Crippen molar-refractivity contribution in [1.29, 1.82) is 0 Å². The van der Waals surface area contributed by atoms with Crippen molar-refractivity contribution in [2.24, 2.45) is 0 Å². The molecule has 0 saturated carbocycles. The second-order valence-corrected chi connectivity index (χ2v) is 7.22. The monoisotopic (exact) mass is 373 g/mol. The van der Waals surface area contributed by atoms with E-state index < -0.39 is 10.0 Å². The van der Waals surface area contributed by atoms with Crippen LogP contribution in [0.1, 0.15) is 13.3 Å². The van der Waals surface area contributed by atoms with Gasteiger partial charge in [0, 0.05) is 5.56 Å². The van der Waals surface area contributed by atoms with Gasteiger partial charge in [0.05, 0.1) is 18.6 Å². The van der Waals surface area contributed by atoms with Gasteiger partial charge in [0.1, 0.15) is 5.75 Å². The summed E-state index contributed by atoms with van der Waals surface area (Å²) < 4.78 is 37.5. The van der Waals surface area contributed by atoms with E-state index in [-0.39, 0.29) is 16.7 Å². The largest absolute Gasteiger partial charge is 0.497 e. The number of ether oxygens (including phenoxy) is 2. The van der Waals surface area contributed by atoms with E-state index in [9.17, 15) is 8.42 Å². The molecule has 0 spiro atoms. The summed E-state index contributed by atoms with van der Waals surface area (Å²) in [5, 5.41) is 4.08. The quantitative estimate of drug-likeness (QED) is 0.633. The number of hydrogen-bond acceptors (Lipinski definition) is 6. The second-order valence-electron chi connectivity index (χ2n) is 5.46. The molecule has 0 unspecified atom stereocenters. The van der Waals surface area contributed by atoms with Gasteiger partial charge in [-0.3, -0.25) is 0 Å². The molecule has 3 rings (SSSR count). The Morgan fingerprint density at radius 2 is 1.73 bits per heavy atom. The summed E-state index contributed by atoms with van der Waals surface area (Å²) in [5.74, 6) is 0.843. The number of rotatable bonds is 7. The first-order valence-electron chi connectivity index (χ1n) is 8.11. The van der Waals surface area contributed by atoms with Gasteiger partial charge in [0.15, 0.2) is 5.82 Å². The van der Waals surface area contributed by atoms with Crippen LogP contribution in [-0.2, 0) is 10.0 Å². The van der Waals surface area contributed by atoms with Crippen molar-refractivity contribution in [3.05, 3.63) is 54.6 Å². The van der Waals surface area contributed by atoms with Gasteiger partial charge in [0.25, 0.3) is 10.0 Å². The molecule has 3 aromatic rings. The van der Waals surface area contributed by atoms with Crippen molar-refractivity contribution < 1.29 is 17.9 Å². The van der Waals surface area contributed by atoms with E-state index in [2.05, 4.69) is 10.1 Å². The number of benzene rings is 2. The van der Waals surface area contributed by atoms with Crippen LogP contribution < -0.4 is 9.47 Å². The molecule has 8 heteroatoms. The van der Waals surface area contributed by atoms with Crippen LogP contribution in [0.4, 0.5) is 0 Å². The Morgan fingerprint density at radius 3 is 2.35 bits per heavy atom. The van der Waals surface area contributed by atoms with Gasteiger partial charge in [0.2, 0.25) is 0 Å². The zero-order chi connectivity index (χ0) is 18.6. The average molecular weight is 373 g/mol. The predicted octanol–water partition coefficient (Wildman–Crippen LogP) is 2.98. The lowest BCUT2D eigenvalue weighted by Crippen LogP contribution is -2.16. The highest BCUT2D eigenvalue weighted by Gasteiger charge is 2.25. The molecule has 1 heterocycles. The highest BCUT2D eigenvalue weighted by Crippen LogP contribution is 2.26. The fourth-order valence-electron chi connectivity index (χ4n) is 2.31. The molecule has 26 heavy (non-hydrogen) atoms. The van der Waals surface area contributed by atoms with Crippen LogP contribution in [0.2, 0.25) is 0 Å². The Kier molecular flexibility index (Phi) is 5.22. The minimum atomic E-state index is -3.91. The molecule has 2 aromatic carbocycles. The van der Waals surface area contributed by atoms with Crippen molar-refractivity contribution in [2.75, 3.05) is 13.7 Å². The lowest BCUT2D eigenvalue weighted by Gasteiger charge is -2.07. The van der Waals surface area contributed by atoms with Crippen LogP contribution >= 0.6 is 0 Å². The molecule has 0 fully saturated rings. The van der Waals surface area contributed by atoms with Crippen LogP contribution in [0.5, 0.6) is 11.8 Å². The smallest absolute Gasteiger partial charge is 0.337 e. The molecule has 0 aliphatic heterocycles. The average Bonchev–Trinajstić information content (AvgIpc) is 3.12. The van der Waals surface area contributed by atoms with Gasteiger partial charge in [-0.25, -0.2) is 0 Å². The number of methoxy groups -OCH3 is 1. The third-order valence-corrected chi connectivity index (χ3v) is 5.19. The van der Waals surface area contributed by atoms with E-state index in [0.29, 0.717) is 17.9 Å². The van der Waals surface area contributed by atoms with Crippen LogP contribution in [0.3, 0.4) is 0 Å². The third kappa shape index (κ3) is 3.55. The van der Waals surface area contributed by atoms with E-state index in [1.807, 2.05) is 6.92 Å². The molecule has 0 radical (unpaired) electrons. The maximum Gasteiger partial charge on any atom is 0.337 e. The van der Waals surface area contributed by atoms with Crippen LogP contribution in [-0.4, -0.2) is 36.3 Å². The molecule has 0 atom stereocenters. The minimum absolute atomic E-state index is 0.0252. The Bertz CT molecular complexity index is 967. The highest BCUT2D eigenvalue weighted by molar-refractivity contribution is 7.90. The molecule has 0 saturated heterocycles. The molecule has 0 aliphatic rings. The van der Waals surface area contributed by atoms with Crippen molar-refractivity contribution in [2.45, 2.75) is 18.2 Å². The van der Waals surface area contributed by atoms with Crippen LogP contribution in [0, 0.1) is 0 Å². The van der Waals surface area contributed by atoms with Gasteiger partial charge in [-0.15, -0.1) is 4.09 Å². The summed E-state index contributed by atoms with van der Waals surface area (Å²) >= 11 is 0. The van der Waals surface area contributed by atoms with E-state index >= 15 is 0 Å². The molecular weight excluding hydrogens is 354 g/mol. The van der Waals surface area contributed by atoms with Crippen molar-refractivity contribution >= 4 is 10.0 Å². The lowest BCUT2D eigenvalue weighted by atomic mass is 10.2. The normalized spacial score (nSPS) is 11.3. The van der Waals surface area contributed by atoms with Gasteiger partial charge >= 0.3 is 6.01 Å². The van der Waals surface area contributed by atoms with E-state index in [4.69, 9.17) is 9.47 Å². The maximum atomic E-state index is 13.0. The number of hydrogen-bond donors (Lipinski definition) is 0. The van der Waals surface area contributed by atoms with Gasteiger partial charge in [-0.1, -0.05) is 30.2 Å². The van der Waals surface area contributed by atoms with Gasteiger partial charge in [-0.2, -0.15) is 13.4 Å². The summed E-state index contributed by atoms with van der Waals surface area (Å²) in [5.41, 5.74) is 0.587. The predicted molar refractivity (Wildman–Crippen MR) is 96.8 cm³/mol. The standard InChI is InChI=1S/C18H19N3O4S/c1-3-13-25-18-19-17(14-9-11-15(24-2)12-10-14)21(20-18)26(22,23)16-7-5-4-6-8-16/h4-12H,3,13H2,1-2H3. The maximum absolute atomic E-state index is 13.0. The van der Waals surface area contributed by atoms with Crippen molar-refractivity contribution in [3.63, 3.8) is 0 Å². The summed E-state index contributed by atoms with van der Waals surface area (Å²) in [4.78, 5) is 4.40. The first-order chi connectivity index (χ1) is 12.6. The highest BCUT2D eigenvalue weighted by atomic mass is 32.2. The van der Waals surface area contributed by atoms with E-state index in [1.165, 1.54) is 12.1 Å². The zero-order valence-corrected chi connectivity index (χ0v) is 15.3. The van der Waals surface area contributed by atoms with Crippen LogP contribution in [0.25, 0.3) is 11.4 Å². The summed E-state index contributed by atoms with van der Waals surface area (Å²) in [6, 6.07) is 15.0. The third-order valence-electron chi connectivity index (χ3n) is 3.61. The summed E-state index contributed by atoms with van der Waals surface area (Å²) in [7, 11) is -2.34. The zero-order valence-electron chi connectivity index (χ0n) is 14.5. The van der Waals surface area contributed by atoms with E-state index in [0.717, 1.165) is 10.5 Å². The Labute approximate surface area is 152 Å². The Hall–Kier alpha value is -2.87. The summed E-state index contributed by atoms with van der Waals surface area (Å²) in [6.07, 6.45) is 0.762. The SMILES string of the molecule is CCCOc1nc(-c2ccc(OC)cc2)n(S(=O)(=O)c2ccccc2)n1. The molecule has 136 valence electrons. The first-order valence-corrected chi connectivity index (χ1v) is 9.55. The first kappa shape index (κ1) is 17.9. The Morgan fingerprint density at radius 1 is 1.04 bits per heavy atom. The minimum Gasteiger partial charge on any atom is -0.497 e. The fraction of sp³-hybridized carbons (Fsp3) is 0.222. The number of aromatic nitrogens is 3. The van der Waals surface area contributed by atoms with E-state index in [1.54, 1.807) is 49.6 Å². The molecule has 0 aliphatic carbocycles. The van der Waals surface area contributed by atoms with Crippen molar-refractivity contribution in [1.82, 2.24) is 14.2 Å². The topological polar surface area (TPSA) is 83.3 Å². The molecule has 0 bridgehead atoms. The fourth-order valence-corrected chi connectivity index (χ4v) is 3.56. The van der Waals surface area contributed by atoms with Crippen molar-refractivity contribution in [3.8, 4) is 23.1 Å². The molecule has 7 nitrogen and oxygen atoms in total. The summed E-state index contributed by atoms with van der Waals surface area (Å²) in [6.45, 7) is 2.35. The van der Waals surface area contributed by atoms with Gasteiger partial charge < -0.3 is 9.47 Å². The van der Waals surface area contributed by atoms with Gasteiger partial charge in [-0.05, 0) is 42.8 Å². The lowest BCUT2D eigenvalue weighted by molar-refractivity contribution is 0.293. The molecule has 0 N–H and O–H groups in total. The number of nitrogens with zero attached hydrogens (tertiary/aromatic N) is 3. The van der Waals surface area contributed by atoms with Crippen LogP contribution in [0.15, 0.2) is 59.5 Å². The second kappa shape index (κ2) is 7.57. The molecule has 1 aromatic heterocycles.